The number of hydrogen-bond donors (Lipinski definition) is 2. The van der Waals surface area contributed by atoms with Crippen molar-refractivity contribution >= 4 is 56.4 Å². The molecule has 1 saturated heterocycles. The number of benzene rings is 1. The van der Waals surface area contributed by atoms with Gasteiger partial charge >= 0.3 is 0 Å². The lowest BCUT2D eigenvalue weighted by molar-refractivity contribution is -0.119. The first-order valence-electron chi connectivity index (χ1n) is 6.08. The van der Waals surface area contributed by atoms with E-state index in [2.05, 4.69) is 5.32 Å². The summed E-state index contributed by atoms with van der Waals surface area (Å²) in [6.07, 6.45) is 0. The zero-order valence-corrected chi connectivity index (χ0v) is 14.0. The highest BCUT2D eigenvalue weighted by molar-refractivity contribution is 8.00. The van der Waals surface area contributed by atoms with Crippen LogP contribution in [0.5, 0.6) is 0 Å². The second-order valence-electron chi connectivity index (χ2n) is 4.74. The van der Waals surface area contributed by atoms with Crippen LogP contribution in [-0.4, -0.2) is 43.0 Å². The summed E-state index contributed by atoms with van der Waals surface area (Å²) in [7, 11) is -3.16. The minimum Gasteiger partial charge on any atom is -0.398 e. The minimum atomic E-state index is -3.16. The Morgan fingerprint density at radius 3 is 2.76 bits per heavy atom. The van der Waals surface area contributed by atoms with E-state index in [1.54, 1.807) is 18.2 Å². The SMILES string of the molecule is Nc1ccc(Cl)cc1SCC(=O)NC1CS(=O)(=O)CC1Cl. The molecule has 0 radical (unpaired) electrons. The molecule has 2 rings (SSSR count). The monoisotopic (exact) mass is 368 g/mol. The van der Waals surface area contributed by atoms with Gasteiger partial charge in [0.1, 0.15) is 0 Å². The maximum Gasteiger partial charge on any atom is 0.230 e. The van der Waals surface area contributed by atoms with Crippen LogP contribution >= 0.6 is 35.0 Å². The van der Waals surface area contributed by atoms with E-state index in [-0.39, 0.29) is 23.2 Å². The largest absolute Gasteiger partial charge is 0.398 e. The van der Waals surface area contributed by atoms with Gasteiger partial charge in [0.15, 0.2) is 9.84 Å². The van der Waals surface area contributed by atoms with Gasteiger partial charge < -0.3 is 11.1 Å². The molecule has 0 aromatic heterocycles. The fourth-order valence-electron chi connectivity index (χ4n) is 1.96. The quantitative estimate of drug-likeness (QED) is 0.477. The number of amides is 1. The van der Waals surface area contributed by atoms with Gasteiger partial charge in [0.25, 0.3) is 0 Å². The zero-order valence-electron chi connectivity index (χ0n) is 10.9. The van der Waals surface area contributed by atoms with Crippen molar-refractivity contribution in [1.29, 1.82) is 0 Å². The van der Waals surface area contributed by atoms with Crippen LogP contribution in [0.15, 0.2) is 23.1 Å². The first-order valence-corrected chi connectivity index (χ1v) is 9.70. The van der Waals surface area contributed by atoms with Crippen LogP contribution in [0.1, 0.15) is 0 Å². The topological polar surface area (TPSA) is 89.3 Å². The van der Waals surface area contributed by atoms with E-state index in [1.165, 1.54) is 11.8 Å². The minimum absolute atomic E-state index is 0.103. The number of sulfone groups is 1. The van der Waals surface area contributed by atoms with Crippen molar-refractivity contribution in [3.8, 4) is 0 Å². The number of alkyl halides is 1. The number of rotatable bonds is 4. The number of nitrogen functional groups attached to an aromatic ring is 1. The van der Waals surface area contributed by atoms with Gasteiger partial charge in [-0.1, -0.05) is 11.6 Å². The molecule has 1 amide bonds. The van der Waals surface area contributed by atoms with Crippen LogP contribution in [0.4, 0.5) is 5.69 Å². The lowest BCUT2D eigenvalue weighted by atomic mass is 10.2. The number of nitrogens with two attached hydrogens (primary N) is 1. The number of thioether (sulfide) groups is 1. The second-order valence-corrected chi connectivity index (χ2v) is 8.91. The molecule has 1 aliphatic heterocycles. The van der Waals surface area contributed by atoms with Gasteiger partial charge in [0.05, 0.1) is 28.7 Å². The molecule has 3 N–H and O–H groups in total. The molecule has 1 aliphatic rings. The highest BCUT2D eigenvalue weighted by Crippen LogP contribution is 2.28. The van der Waals surface area contributed by atoms with E-state index in [4.69, 9.17) is 28.9 Å². The van der Waals surface area contributed by atoms with Crippen molar-refractivity contribution in [2.24, 2.45) is 0 Å². The van der Waals surface area contributed by atoms with Crippen LogP contribution < -0.4 is 11.1 Å². The van der Waals surface area contributed by atoms with Crippen LogP contribution in [0.25, 0.3) is 0 Å². The molecule has 1 aromatic carbocycles. The molecule has 116 valence electrons. The van der Waals surface area contributed by atoms with Crippen LogP contribution in [0.2, 0.25) is 5.02 Å². The molecule has 0 bridgehead atoms. The van der Waals surface area contributed by atoms with Gasteiger partial charge in [-0.15, -0.1) is 23.4 Å². The third-order valence-electron chi connectivity index (χ3n) is 2.96. The standard InChI is InChI=1S/C12H14Cl2N2O3S2/c13-7-1-2-9(15)11(3-7)20-4-12(17)16-10-6-21(18,19)5-8(10)14/h1-3,8,10H,4-6,15H2,(H,16,17). The highest BCUT2D eigenvalue weighted by atomic mass is 35.5. The van der Waals surface area contributed by atoms with Crippen molar-refractivity contribution in [3.05, 3.63) is 23.2 Å². The van der Waals surface area contributed by atoms with Crippen LogP contribution in [-0.2, 0) is 14.6 Å². The Labute approximate surface area is 137 Å². The molecule has 0 saturated carbocycles. The molecule has 1 fully saturated rings. The van der Waals surface area contributed by atoms with E-state index in [0.29, 0.717) is 15.6 Å². The van der Waals surface area contributed by atoms with Crippen molar-refractivity contribution in [3.63, 3.8) is 0 Å². The predicted molar refractivity (Wildman–Crippen MR) is 86.8 cm³/mol. The maximum atomic E-state index is 11.9. The smallest absolute Gasteiger partial charge is 0.230 e. The lowest BCUT2D eigenvalue weighted by Gasteiger charge is -2.14. The summed E-state index contributed by atoms with van der Waals surface area (Å²) in [5.41, 5.74) is 6.32. The van der Waals surface area contributed by atoms with Gasteiger partial charge in [-0.05, 0) is 18.2 Å². The summed E-state index contributed by atoms with van der Waals surface area (Å²) in [6.45, 7) is 0. The third-order valence-corrected chi connectivity index (χ3v) is 6.65. The third kappa shape index (κ3) is 4.67. The van der Waals surface area contributed by atoms with E-state index in [0.717, 1.165) is 0 Å². The van der Waals surface area contributed by atoms with Gasteiger partial charge in [-0.2, -0.15) is 0 Å². The van der Waals surface area contributed by atoms with Crippen molar-refractivity contribution in [2.45, 2.75) is 16.3 Å². The molecule has 9 heteroatoms. The Kier molecular flexibility index (Phi) is 5.29. The molecule has 0 aliphatic carbocycles. The first kappa shape index (κ1) is 16.7. The number of carbonyl (C=O) groups excluding carboxylic acids is 1. The first-order chi connectivity index (χ1) is 9.77. The maximum absolute atomic E-state index is 11.9. The van der Waals surface area contributed by atoms with Crippen LogP contribution in [0, 0.1) is 0 Å². The summed E-state index contributed by atoms with van der Waals surface area (Å²) in [4.78, 5) is 12.6. The van der Waals surface area contributed by atoms with Gasteiger partial charge in [-0.25, -0.2) is 8.42 Å². The molecule has 2 unspecified atom stereocenters. The molecule has 21 heavy (non-hydrogen) atoms. The number of carbonyl (C=O) groups is 1. The Morgan fingerprint density at radius 2 is 2.14 bits per heavy atom. The molecule has 1 aromatic rings. The molecule has 0 spiro atoms. The number of halogens is 2. The van der Waals surface area contributed by atoms with Gasteiger partial charge in [0, 0.05) is 15.6 Å². The van der Waals surface area contributed by atoms with Gasteiger partial charge in [-0.3, -0.25) is 4.79 Å². The fourth-order valence-corrected chi connectivity index (χ4v) is 5.56. The van der Waals surface area contributed by atoms with Crippen molar-refractivity contribution in [1.82, 2.24) is 5.32 Å². The number of hydrogen-bond acceptors (Lipinski definition) is 5. The molecular weight excluding hydrogens is 355 g/mol. The molecule has 1 heterocycles. The van der Waals surface area contributed by atoms with Crippen molar-refractivity contribution in [2.75, 3.05) is 23.0 Å². The summed E-state index contributed by atoms with van der Waals surface area (Å²) in [6, 6.07) is 4.48. The molecule has 5 nitrogen and oxygen atoms in total. The molecule has 2 atom stereocenters. The number of anilines is 1. The van der Waals surface area contributed by atoms with Crippen molar-refractivity contribution < 1.29 is 13.2 Å². The van der Waals surface area contributed by atoms with E-state index >= 15 is 0 Å². The highest BCUT2D eigenvalue weighted by Gasteiger charge is 2.37. The average molecular weight is 369 g/mol. The van der Waals surface area contributed by atoms with E-state index in [9.17, 15) is 13.2 Å². The Bertz CT molecular complexity index is 652. The summed E-state index contributed by atoms with van der Waals surface area (Å²) in [5.74, 6) is -0.387. The Hall–Kier alpha value is -0.630. The summed E-state index contributed by atoms with van der Waals surface area (Å²) < 4.78 is 22.8. The van der Waals surface area contributed by atoms with E-state index < -0.39 is 21.3 Å². The second kappa shape index (κ2) is 6.64. The Balaban J connectivity index is 1.90. The van der Waals surface area contributed by atoms with Gasteiger partial charge in [0.2, 0.25) is 5.91 Å². The van der Waals surface area contributed by atoms with Crippen LogP contribution in [0.3, 0.4) is 0 Å². The average Bonchev–Trinajstić information content (AvgIpc) is 2.63. The van der Waals surface area contributed by atoms with E-state index in [1.807, 2.05) is 0 Å². The predicted octanol–water partition coefficient (Wildman–Crippen LogP) is 1.53. The normalized spacial score (nSPS) is 23.9. The Morgan fingerprint density at radius 1 is 1.43 bits per heavy atom. The summed E-state index contributed by atoms with van der Waals surface area (Å²) in [5, 5.41) is 2.60. The zero-order chi connectivity index (χ0) is 15.6. The fraction of sp³-hybridized carbons (Fsp3) is 0.417. The molecular formula is C12H14Cl2N2O3S2. The lowest BCUT2D eigenvalue weighted by Crippen LogP contribution is -2.41. The summed E-state index contributed by atoms with van der Waals surface area (Å²) >= 11 is 13.0. The number of nitrogens with one attached hydrogen (secondary N) is 1.